The first-order valence-electron chi connectivity index (χ1n) is 10.9. The molecule has 0 spiro atoms. The minimum Gasteiger partial charge on any atom is -0.354 e. The molecular formula is C23H30N4O6S. The van der Waals surface area contributed by atoms with E-state index in [1.54, 1.807) is 31.2 Å². The summed E-state index contributed by atoms with van der Waals surface area (Å²) in [6.45, 7) is 3.53. The van der Waals surface area contributed by atoms with E-state index in [1.807, 2.05) is 13.0 Å². The minimum absolute atomic E-state index is 0.00948. The molecule has 0 unspecified atom stereocenters. The minimum atomic E-state index is -3.96. The summed E-state index contributed by atoms with van der Waals surface area (Å²) >= 11 is 0. The van der Waals surface area contributed by atoms with Crippen molar-refractivity contribution in [3.63, 3.8) is 0 Å². The largest absolute Gasteiger partial charge is 0.354 e. The van der Waals surface area contributed by atoms with Gasteiger partial charge < -0.3 is 10.2 Å². The predicted molar refractivity (Wildman–Crippen MR) is 130 cm³/mol. The molecule has 1 atom stereocenters. The number of carbonyl (C=O) groups is 2. The van der Waals surface area contributed by atoms with Crippen LogP contribution in [-0.4, -0.2) is 55.4 Å². The van der Waals surface area contributed by atoms with Crippen molar-refractivity contribution in [1.82, 2.24) is 10.2 Å². The van der Waals surface area contributed by atoms with Crippen LogP contribution in [0.25, 0.3) is 0 Å². The molecule has 0 heterocycles. The molecule has 0 aliphatic carbocycles. The molecule has 2 rings (SSSR count). The van der Waals surface area contributed by atoms with Gasteiger partial charge in [0.05, 0.1) is 16.9 Å². The van der Waals surface area contributed by atoms with Crippen LogP contribution >= 0.6 is 0 Å². The molecule has 2 aromatic rings. The molecule has 0 saturated heterocycles. The third-order valence-corrected chi connectivity index (χ3v) is 6.34. The van der Waals surface area contributed by atoms with Crippen LogP contribution in [0.15, 0.2) is 54.6 Å². The van der Waals surface area contributed by atoms with E-state index in [0.29, 0.717) is 6.54 Å². The summed E-state index contributed by atoms with van der Waals surface area (Å²) in [7, 11) is -3.96. The van der Waals surface area contributed by atoms with E-state index in [1.165, 1.54) is 23.1 Å². The third-order valence-electron chi connectivity index (χ3n) is 5.20. The van der Waals surface area contributed by atoms with Crippen LogP contribution in [0.4, 0.5) is 11.4 Å². The molecule has 0 fully saturated rings. The lowest BCUT2D eigenvalue weighted by Crippen LogP contribution is -2.51. The number of nitrogens with one attached hydrogen (secondary N) is 1. The van der Waals surface area contributed by atoms with Crippen LogP contribution in [0.2, 0.25) is 0 Å². The maximum atomic E-state index is 13.4. The first kappa shape index (κ1) is 26.8. The number of nitro groups is 1. The number of hydrogen-bond donors (Lipinski definition) is 1. The summed E-state index contributed by atoms with van der Waals surface area (Å²) in [4.78, 5) is 37.9. The molecule has 10 nitrogen and oxygen atoms in total. The lowest BCUT2D eigenvalue weighted by Gasteiger charge is -2.31. The first-order chi connectivity index (χ1) is 16.0. The normalized spacial score (nSPS) is 12.0. The maximum absolute atomic E-state index is 13.4. The van der Waals surface area contributed by atoms with Gasteiger partial charge >= 0.3 is 0 Å². The van der Waals surface area contributed by atoms with Crippen molar-refractivity contribution in [3.05, 3.63) is 70.3 Å². The molecule has 0 radical (unpaired) electrons. The van der Waals surface area contributed by atoms with Crippen molar-refractivity contribution in [2.75, 3.05) is 23.7 Å². The molecule has 0 aromatic heterocycles. The zero-order chi connectivity index (χ0) is 25.3. The van der Waals surface area contributed by atoms with Crippen molar-refractivity contribution in [1.29, 1.82) is 0 Å². The molecular weight excluding hydrogens is 460 g/mol. The number of nitro benzene ring substituents is 1. The van der Waals surface area contributed by atoms with Crippen LogP contribution in [0.3, 0.4) is 0 Å². The third kappa shape index (κ3) is 7.55. The second kappa shape index (κ2) is 12.1. The van der Waals surface area contributed by atoms with Gasteiger partial charge in [0.1, 0.15) is 12.6 Å². The average Bonchev–Trinajstić information content (AvgIpc) is 2.80. The molecule has 34 heavy (non-hydrogen) atoms. The fourth-order valence-electron chi connectivity index (χ4n) is 3.27. The standard InChI is InChI=1S/C23H30N4O6S/c1-4-5-14-24-23(29)18(2)25(16-19-10-7-6-8-11-19)22(28)17-26(34(3,32)33)20-12-9-13-21(15-20)27(30)31/h6-13,15,18H,4-5,14,16-17H2,1-3H3,(H,24,29)/t18-/m1/s1. The molecule has 2 aromatic carbocycles. The summed E-state index contributed by atoms with van der Waals surface area (Å²) in [5, 5.41) is 13.9. The van der Waals surface area contributed by atoms with E-state index < -0.39 is 33.4 Å². The van der Waals surface area contributed by atoms with Gasteiger partial charge in [-0.3, -0.25) is 24.0 Å². The number of unbranched alkanes of at least 4 members (excludes halogenated alkanes) is 1. The van der Waals surface area contributed by atoms with E-state index in [4.69, 9.17) is 0 Å². The van der Waals surface area contributed by atoms with Crippen molar-refractivity contribution < 1.29 is 22.9 Å². The van der Waals surface area contributed by atoms with Crippen molar-refractivity contribution in [2.24, 2.45) is 0 Å². The number of anilines is 1. The van der Waals surface area contributed by atoms with Crippen molar-refractivity contribution in [3.8, 4) is 0 Å². The van der Waals surface area contributed by atoms with E-state index >= 15 is 0 Å². The number of rotatable bonds is 12. The van der Waals surface area contributed by atoms with E-state index in [0.717, 1.165) is 35.0 Å². The summed E-state index contributed by atoms with van der Waals surface area (Å²) in [5.41, 5.74) is 0.457. The zero-order valence-corrected chi connectivity index (χ0v) is 20.3. The SMILES string of the molecule is CCCCNC(=O)[C@@H](C)N(Cc1ccccc1)C(=O)CN(c1cccc([N+](=O)[O-])c1)S(C)(=O)=O. The van der Waals surface area contributed by atoms with Gasteiger partial charge in [-0.1, -0.05) is 49.7 Å². The number of carbonyl (C=O) groups excluding carboxylic acids is 2. The zero-order valence-electron chi connectivity index (χ0n) is 19.5. The van der Waals surface area contributed by atoms with Crippen molar-refractivity contribution >= 4 is 33.2 Å². The average molecular weight is 491 g/mol. The Morgan fingerprint density at radius 1 is 1.12 bits per heavy atom. The number of benzene rings is 2. The lowest BCUT2D eigenvalue weighted by molar-refractivity contribution is -0.384. The Bertz CT molecular complexity index is 1110. The Kier molecular flexibility index (Phi) is 9.55. The van der Waals surface area contributed by atoms with Gasteiger partial charge in [0.25, 0.3) is 5.69 Å². The Morgan fingerprint density at radius 3 is 2.38 bits per heavy atom. The van der Waals surface area contributed by atoms with Gasteiger partial charge in [0.15, 0.2) is 0 Å². The Labute approximate surface area is 199 Å². The summed E-state index contributed by atoms with van der Waals surface area (Å²) in [5.74, 6) is -0.960. The van der Waals surface area contributed by atoms with E-state index in [-0.39, 0.29) is 23.8 Å². The highest BCUT2D eigenvalue weighted by molar-refractivity contribution is 7.92. The highest BCUT2D eigenvalue weighted by Gasteiger charge is 2.30. The van der Waals surface area contributed by atoms with Crippen LogP contribution < -0.4 is 9.62 Å². The second-order valence-corrected chi connectivity index (χ2v) is 9.78. The fraction of sp³-hybridized carbons (Fsp3) is 0.391. The highest BCUT2D eigenvalue weighted by atomic mass is 32.2. The fourth-order valence-corrected chi connectivity index (χ4v) is 4.12. The second-order valence-electron chi connectivity index (χ2n) is 7.87. The molecule has 1 N–H and O–H groups in total. The Morgan fingerprint density at radius 2 is 1.79 bits per heavy atom. The molecule has 0 aliphatic rings. The quantitative estimate of drug-likeness (QED) is 0.277. The Balaban J connectivity index is 2.36. The summed E-state index contributed by atoms with van der Waals surface area (Å²) < 4.78 is 25.8. The van der Waals surface area contributed by atoms with Gasteiger partial charge in [-0.25, -0.2) is 8.42 Å². The van der Waals surface area contributed by atoms with Crippen LogP contribution in [0, 0.1) is 10.1 Å². The molecule has 0 bridgehead atoms. The molecule has 2 amide bonds. The topological polar surface area (TPSA) is 130 Å². The lowest BCUT2D eigenvalue weighted by atomic mass is 10.1. The highest BCUT2D eigenvalue weighted by Crippen LogP contribution is 2.23. The van der Waals surface area contributed by atoms with E-state index in [9.17, 15) is 28.1 Å². The van der Waals surface area contributed by atoms with Crippen LogP contribution in [0.5, 0.6) is 0 Å². The summed E-state index contributed by atoms with van der Waals surface area (Å²) in [6, 6.07) is 13.2. The van der Waals surface area contributed by atoms with Gasteiger partial charge in [0, 0.05) is 25.2 Å². The molecule has 11 heteroatoms. The smallest absolute Gasteiger partial charge is 0.271 e. The molecule has 0 aliphatic heterocycles. The monoisotopic (exact) mass is 490 g/mol. The Hall–Kier alpha value is -3.47. The maximum Gasteiger partial charge on any atom is 0.271 e. The number of amides is 2. The van der Waals surface area contributed by atoms with Crippen molar-refractivity contribution in [2.45, 2.75) is 39.3 Å². The van der Waals surface area contributed by atoms with Gasteiger partial charge in [-0.05, 0) is 25.0 Å². The van der Waals surface area contributed by atoms with Crippen LogP contribution in [-0.2, 0) is 26.2 Å². The first-order valence-corrected chi connectivity index (χ1v) is 12.7. The van der Waals surface area contributed by atoms with Gasteiger partial charge in [-0.2, -0.15) is 0 Å². The molecule has 184 valence electrons. The number of nitrogens with zero attached hydrogens (tertiary/aromatic N) is 3. The number of non-ortho nitro benzene ring substituents is 1. The predicted octanol–water partition coefficient (Wildman–Crippen LogP) is 2.69. The number of sulfonamides is 1. The number of hydrogen-bond acceptors (Lipinski definition) is 6. The summed E-state index contributed by atoms with van der Waals surface area (Å²) in [6.07, 6.45) is 2.61. The van der Waals surface area contributed by atoms with Gasteiger partial charge in [0.2, 0.25) is 21.8 Å². The van der Waals surface area contributed by atoms with E-state index in [2.05, 4.69) is 5.32 Å². The van der Waals surface area contributed by atoms with Gasteiger partial charge in [-0.15, -0.1) is 0 Å². The molecule has 0 saturated carbocycles. The van der Waals surface area contributed by atoms with Crippen LogP contribution in [0.1, 0.15) is 32.3 Å².